The topological polar surface area (TPSA) is 74.3 Å². The lowest BCUT2D eigenvalue weighted by atomic mass is 10.2. The molecule has 0 aliphatic rings. The highest BCUT2D eigenvalue weighted by molar-refractivity contribution is 7.88. The quantitative estimate of drug-likeness (QED) is 0.743. The van der Waals surface area contributed by atoms with Gasteiger partial charge in [-0.3, -0.25) is 0 Å². The molecule has 0 aromatic carbocycles. The minimum Gasteiger partial charge on any atom is -0.467 e. The van der Waals surface area contributed by atoms with Crippen molar-refractivity contribution in [3.63, 3.8) is 0 Å². The average Bonchev–Trinajstić information content (AvgIpc) is 2.57. The molecular formula is C8H10N2O3S. The Bertz CT molecular complexity index is 430. The van der Waals surface area contributed by atoms with Gasteiger partial charge in [0.2, 0.25) is 10.0 Å². The Morgan fingerprint density at radius 3 is 2.64 bits per heavy atom. The van der Waals surface area contributed by atoms with Crippen molar-refractivity contribution < 1.29 is 12.8 Å². The van der Waals surface area contributed by atoms with Crippen LogP contribution in [0.3, 0.4) is 0 Å². The third-order valence-electron chi connectivity index (χ3n) is 1.82. The fraction of sp³-hybridized carbons (Fsp3) is 0.375. The van der Waals surface area contributed by atoms with E-state index in [1.54, 1.807) is 12.1 Å². The summed E-state index contributed by atoms with van der Waals surface area (Å²) in [7, 11) is -2.05. The van der Waals surface area contributed by atoms with Gasteiger partial charge in [0.15, 0.2) is 6.04 Å². The van der Waals surface area contributed by atoms with Crippen molar-refractivity contribution in [2.24, 2.45) is 0 Å². The van der Waals surface area contributed by atoms with E-state index in [9.17, 15) is 8.42 Å². The van der Waals surface area contributed by atoms with Gasteiger partial charge < -0.3 is 4.42 Å². The summed E-state index contributed by atoms with van der Waals surface area (Å²) in [6.07, 6.45) is 2.44. The molecule has 1 rings (SSSR count). The number of furan rings is 1. The molecule has 5 nitrogen and oxygen atoms in total. The van der Waals surface area contributed by atoms with Crippen LogP contribution < -0.4 is 0 Å². The maximum Gasteiger partial charge on any atom is 0.212 e. The van der Waals surface area contributed by atoms with E-state index in [0.29, 0.717) is 5.76 Å². The minimum atomic E-state index is -3.39. The van der Waals surface area contributed by atoms with Crippen molar-refractivity contribution in [3.05, 3.63) is 24.2 Å². The van der Waals surface area contributed by atoms with Crippen molar-refractivity contribution in [2.75, 3.05) is 13.3 Å². The molecule has 0 aliphatic carbocycles. The minimum absolute atomic E-state index is 0.320. The molecule has 1 heterocycles. The van der Waals surface area contributed by atoms with Crippen LogP contribution in [0.25, 0.3) is 0 Å². The fourth-order valence-electron chi connectivity index (χ4n) is 0.962. The van der Waals surface area contributed by atoms with Gasteiger partial charge >= 0.3 is 0 Å². The summed E-state index contributed by atoms with van der Waals surface area (Å²) in [4.78, 5) is 0. The SMILES string of the molecule is CN(C(C#N)c1ccco1)S(C)(=O)=O. The zero-order valence-corrected chi connectivity index (χ0v) is 8.65. The zero-order valence-electron chi connectivity index (χ0n) is 7.84. The number of hydrogen-bond donors (Lipinski definition) is 0. The lowest BCUT2D eigenvalue weighted by Crippen LogP contribution is -2.29. The number of nitriles is 1. The van der Waals surface area contributed by atoms with E-state index in [-0.39, 0.29) is 0 Å². The molecule has 6 heteroatoms. The highest BCUT2D eigenvalue weighted by Crippen LogP contribution is 2.20. The Kier molecular flexibility index (Phi) is 2.93. The molecule has 0 N–H and O–H groups in total. The lowest BCUT2D eigenvalue weighted by Gasteiger charge is -2.17. The Morgan fingerprint density at radius 1 is 1.64 bits per heavy atom. The standard InChI is InChI=1S/C8H10N2O3S/c1-10(14(2,11)12)7(6-9)8-4-3-5-13-8/h3-5,7H,1-2H3. The van der Waals surface area contributed by atoms with Crippen LogP contribution >= 0.6 is 0 Å². The monoisotopic (exact) mass is 214 g/mol. The van der Waals surface area contributed by atoms with Crippen LogP contribution in [-0.2, 0) is 10.0 Å². The van der Waals surface area contributed by atoms with E-state index in [2.05, 4.69) is 0 Å². The summed E-state index contributed by atoms with van der Waals surface area (Å²) in [5.74, 6) is 0.320. The second-order valence-corrected chi connectivity index (χ2v) is 4.87. The predicted octanol–water partition coefficient (Wildman–Crippen LogP) is 0.736. The van der Waals surface area contributed by atoms with Crippen LogP contribution in [-0.4, -0.2) is 26.0 Å². The Balaban J connectivity index is 3.02. The van der Waals surface area contributed by atoms with Gasteiger partial charge in [0, 0.05) is 7.05 Å². The van der Waals surface area contributed by atoms with Crippen LogP contribution in [0.1, 0.15) is 11.8 Å². The molecule has 0 saturated heterocycles. The third-order valence-corrected chi connectivity index (χ3v) is 3.08. The van der Waals surface area contributed by atoms with Gasteiger partial charge in [-0.2, -0.15) is 9.57 Å². The van der Waals surface area contributed by atoms with Gasteiger partial charge in [-0.25, -0.2) is 8.42 Å². The van der Waals surface area contributed by atoms with Crippen molar-refractivity contribution >= 4 is 10.0 Å². The highest BCUT2D eigenvalue weighted by Gasteiger charge is 2.25. The molecule has 0 spiro atoms. The van der Waals surface area contributed by atoms with Crippen molar-refractivity contribution in [1.82, 2.24) is 4.31 Å². The first kappa shape index (κ1) is 10.8. The summed E-state index contributed by atoms with van der Waals surface area (Å²) in [5.41, 5.74) is 0. The molecule has 1 atom stereocenters. The smallest absolute Gasteiger partial charge is 0.212 e. The van der Waals surface area contributed by atoms with Crippen LogP contribution in [0.5, 0.6) is 0 Å². The summed E-state index contributed by atoms with van der Waals surface area (Å²) in [6.45, 7) is 0. The molecule has 0 aliphatic heterocycles. The first-order valence-corrected chi connectivity index (χ1v) is 5.67. The van der Waals surface area contributed by atoms with Crippen LogP contribution in [0.2, 0.25) is 0 Å². The Morgan fingerprint density at radius 2 is 2.29 bits per heavy atom. The molecule has 14 heavy (non-hydrogen) atoms. The molecule has 0 bridgehead atoms. The molecular weight excluding hydrogens is 204 g/mol. The number of rotatable bonds is 3. The van der Waals surface area contributed by atoms with E-state index < -0.39 is 16.1 Å². The number of sulfonamides is 1. The summed E-state index contributed by atoms with van der Waals surface area (Å²) in [6, 6.07) is 4.13. The van der Waals surface area contributed by atoms with E-state index in [1.165, 1.54) is 13.3 Å². The Hall–Kier alpha value is -1.32. The molecule has 0 radical (unpaired) electrons. The lowest BCUT2D eigenvalue weighted by molar-refractivity contribution is 0.374. The molecule has 1 aromatic rings. The van der Waals surface area contributed by atoms with Crippen molar-refractivity contribution in [2.45, 2.75) is 6.04 Å². The van der Waals surface area contributed by atoms with Crippen molar-refractivity contribution in [3.8, 4) is 6.07 Å². The second kappa shape index (κ2) is 3.82. The second-order valence-electron chi connectivity index (χ2n) is 2.83. The van der Waals surface area contributed by atoms with Gasteiger partial charge in [-0.05, 0) is 12.1 Å². The summed E-state index contributed by atoms with van der Waals surface area (Å²) in [5, 5.41) is 8.82. The van der Waals surface area contributed by atoms with E-state index in [1.807, 2.05) is 6.07 Å². The maximum atomic E-state index is 11.2. The first-order chi connectivity index (χ1) is 6.46. The molecule has 1 aromatic heterocycles. The molecule has 0 saturated carbocycles. The van der Waals surface area contributed by atoms with Gasteiger partial charge in [0.25, 0.3) is 0 Å². The summed E-state index contributed by atoms with van der Waals surface area (Å²) < 4.78 is 28.3. The number of nitrogens with zero attached hydrogens (tertiary/aromatic N) is 2. The van der Waals surface area contributed by atoms with Crippen LogP contribution in [0.4, 0.5) is 0 Å². The normalized spacial score (nSPS) is 13.9. The maximum absolute atomic E-state index is 11.2. The Labute approximate surface area is 82.6 Å². The third kappa shape index (κ3) is 2.13. The molecule has 0 fully saturated rings. The fourth-order valence-corrected chi connectivity index (χ4v) is 1.50. The van der Waals surface area contributed by atoms with E-state index in [0.717, 1.165) is 10.6 Å². The van der Waals surface area contributed by atoms with Crippen LogP contribution in [0.15, 0.2) is 22.8 Å². The predicted molar refractivity (Wildman–Crippen MR) is 49.7 cm³/mol. The molecule has 76 valence electrons. The number of hydrogen-bond acceptors (Lipinski definition) is 4. The average molecular weight is 214 g/mol. The van der Waals surface area contributed by atoms with Gasteiger partial charge in [0.05, 0.1) is 18.6 Å². The van der Waals surface area contributed by atoms with Gasteiger partial charge in [0.1, 0.15) is 5.76 Å². The largest absolute Gasteiger partial charge is 0.467 e. The van der Waals surface area contributed by atoms with Gasteiger partial charge in [-0.15, -0.1) is 0 Å². The van der Waals surface area contributed by atoms with E-state index >= 15 is 0 Å². The van der Waals surface area contributed by atoms with Crippen LogP contribution in [0, 0.1) is 11.3 Å². The first-order valence-electron chi connectivity index (χ1n) is 3.83. The van der Waals surface area contributed by atoms with Crippen molar-refractivity contribution in [1.29, 1.82) is 5.26 Å². The summed E-state index contributed by atoms with van der Waals surface area (Å²) >= 11 is 0. The zero-order chi connectivity index (χ0) is 10.8. The molecule has 0 amide bonds. The highest BCUT2D eigenvalue weighted by atomic mass is 32.2. The van der Waals surface area contributed by atoms with Gasteiger partial charge in [-0.1, -0.05) is 0 Å². The van der Waals surface area contributed by atoms with E-state index in [4.69, 9.17) is 9.68 Å². The molecule has 1 unspecified atom stereocenters.